The van der Waals surface area contributed by atoms with Crippen LogP contribution in [0, 0.1) is 13.1 Å². The number of aldehydes is 1. The van der Waals surface area contributed by atoms with Gasteiger partial charge in [-0.05, 0) is 143 Å². The molecule has 5 heterocycles. The summed E-state index contributed by atoms with van der Waals surface area (Å²) in [4.78, 5) is 30.8. The molecule has 7 rings (SSSR count). The summed E-state index contributed by atoms with van der Waals surface area (Å²) in [6.07, 6.45) is 0.758. The van der Waals surface area contributed by atoms with Crippen LogP contribution in [0.1, 0.15) is 240 Å². The van der Waals surface area contributed by atoms with Gasteiger partial charge in [0.05, 0.1) is 53.4 Å². The lowest BCUT2D eigenvalue weighted by Gasteiger charge is -2.32. The van der Waals surface area contributed by atoms with Gasteiger partial charge >= 0.3 is 21.1 Å². The Kier molecular flexibility index (Phi) is 5.94. The first kappa shape index (κ1) is 19.3. The van der Waals surface area contributed by atoms with Gasteiger partial charge in [-0.1, -0.05) is 17.6 Å². The summed E-state index contributed by atoms with van der Waals surface area (Å²) in [5.41, 5.74) is 0.642. The second kappa shape index (κ2) is 21.3. The highest BCUT2D eigenvalue weighted by atomic mass is 16.7. The number of benzene rings is 2. The Hall–Kier alpha value is -5.47. The Balaban J connectivity index is -0.0000000222. The van der Waals surface area contributed by atoms with Crippen molar-refractivity contribution in [3.05, 3.63) is 94.6 Å². The number of aliphatic hydroxyl groups is 1. The highest BCUT2D eigenvalue weighted by molar-refractivity contribution is 7.11. The predicted octanol–water partition coefficient (Wildman–Crippen LogP) is 18.6. The SMILES string of the molecule is CC1(C)OB(B2OC(C)(C)C(C)(C)O2)OC1(C)C.O.[2HH].[2H][2H].[2H][2H].[2H][2H].[2H][2H].[2H][2H].[2H][2H].[2H][2H].[2H][2H].[2H][2H].[2H][2H].[2H][2H].[2H][2H].[2H][2H].[2H][2H].[2H][2H].[2H][2H].[2H][2H].[2H][2H].[2H][2H].[2H][2H].[2H][2H].[2H][2H].[2H][2H].[2H][2H].[2H][2H].[2H][2H].[2H][2H].[2H][2H].[2H][2H].[2H][2H].[2H][2H].[2H][2H].[2H][2H].[2H][2H].[2H][2H].[2H][2H].[2H][2H].[2H][2H].[2H][2H].[2H][2H].[2H][2H].[2H][2H].[2H][2H].[2H][2H].[2H][2H].[2H][2H].[2H][2H].[B]c1ccc(Oc2ccc([N+]#[C-])c(N(C)C)n2)cc1CO.[C-]#[N+]c1ccc(Oc2ccc(B3OC(C)(C)C(C)(C)O3)c(C=O)c2)nc1N(C)C. The van der Waals surface area contributed by atoms with Crippen LogP contribution < -0.4 is 30.2 Å². The summed E-state index contributed by atoms with van der Waals surface area (Å²) in [6.45, 7) is 38.3. The first-order valence-electron chi connectivity index (χ1n) is 69.1. The molecule has 2 aromatic carbocycles. The van der Waals surface area contributed by atoms with Crippen molar-refractivity contribution in [1.82, 2.24) is 9.97 Å². The molecule has 3 N–H and O–H groups in total. The maximum Gasteiger partial charge on any atom is 0.495 e. The topological polar surface area (TPSA) is 184 Å². The molecule has 3 saturated heterocycles. The van der Waals surface area contributed by atoms with Crippen molar-refractivity contribution in [2.24, 2.45) is 0 Å². The third-order valence-corrected chi connectivity index (χ3v) is 12.9. The summed E-state index contributed by atoms with van der Waals surface area (Å²) >= 11 is 0. The molecule has 0 unspecified atom stereocenters. The van der Waals surface area contributed by atoms with Crippen molar-refractivity contribution >= 4 is 69.2 Å². The van der Waals surface area contributed by atoms with Crippen LogP contribution in [0.3, 0.4) is 0 Å². The van der Waals surface area contributed by atoms with Crippen LogP contribution in [-0.2, 0) is 34.5 Å². The zero-order chi connectivity index (χ0) is 145. The third-order valence-electron chi connectivity index (χ3n) is 12.9. The number of pyridine rings is 2. The second-order valence-electron chi connectivity index (χ2n) is 20.0. The van der Waals surface area contributed by atoms with Gasteiger partial charge < -0.3 is 57.8 Å². The number of carbonyl (C=O) groups is 1. The monoisotopic (exact) mass is 1140 g/mol. The summed E-state index contributed by atoms with van der Waals surface area (Å²) in [6, 6.07) is 16.8. The van der Waals surface area contributed by atoms with Gasteiger partial charge in [-0.25, -0.2) is 19.7 Å². The Morgan fingerprint density at radius 2 is 1.03 bits per heavy atom. The van der Waals surface area contributed by atoms with Gasteiger partial charge in [0.2, 0.25) is 23.1 Å². The molecule has 4 aromatic rings. The van der Waals surface area contributed by atoms with Crippen molar-refractivity contribution in [2.45, 2.75) is 123 Å². The van der Waals surface area contributed by atoms with Gasteiger partial charge in [0, 0.05) is 175 Å². The molecule has 0 saturated carbocycles. The molecular weight excluding hydrogens is 880 g/mol. The van der Waals surface area contributed by atoms with Crippen LogP contribution in [0.2, 0.25) is 0 Å². The summed E-state index contributed by atoms with van der Waals surface area (Å²) in [5.74, 6) is 2.75. The van der Waals surface area contributed by atoms with Crippen molar-refractivity contribution in [1.29, 1.82) is 0 Å². The minimum atomic E-state index is -0.634. The Labute approximate surface area is 556 Å². The zero-order valence-electron chi connectivity index (χ0n) is 137. The molecule has 21 heteroatoms. The zero-order valence-corrected chi connectivity index (χ0v) is 42.7. The fraction of sp³-hybridized carbons (Fsp3) is 0.479. The smallest absolute Gasteiger partial charge is 0.439 e. The highest BCUT2D eigenvalue weighted by Crippen LogP contribution is 2.43. The quantitative estimate of drug-likeness (QED) is 0.0899. The summed E-state index contributed by atoms with van der Waals surface area (Å²) in [7, 11) is 11.4. The van der Waals surface area contributed by atoms with Gasteiger partial charge in [0.1, 0.15) is 37.3 Å². The molecule has 0 aliphatic carbocycles. The van der Waals surface area contributed by atoms with Crippen molar-refractivity contribution in [3.63, 3.8) is 0 Å². The minimum Gasteiger partial charge on any atom is -0.439 e. The maximum absolute atomic E-state index is 11.7. The van der Waals surface area contributed by atoms with Gasteiger partial charge in [-0.2, -0.15) is 0 Å². The normalized spacial score (nSPS) is 24.0. The number of hydrogen-bond acceptors (Lipinski definition) is 14. The number of rotatable bonds is 10. The van der Waals surface area contributed by atoms with Crippen molar-refractivity contribution in [3.8, 4) is 23.3 Å². The molecule has 17 nitrogen and oxygen atoms in total. The van der Waals surface area contributed by atoms with Crippen LogP contribution in [0.5, 0.6) is 23.3 Å². The lowest BCUT2D eigenvalue weighted by atomic mass is 9.49. The third kappa shape index (κ3) is 12.5. The molecule has 2 aromatic heterocycles. The van der Waals surface area contributed by atoms with Gasteiger partial charge in [-0.15, -0.1) is 0 Å². The van der Waals surface area contributed by atoms with Gasteiger partial charge in [-0.3, -0.25) is 4.79 Å². The highest BCUT2D eigenvalue weighted by Gasteiger charge is 2.63. The molecule has 0 atom stereocenters. The number of nitrogens with zero attached hydrogens (tertiary/aromatic N) is 6. The lowest BCUT2D eigenvalue weighted by Crippen LogP contribution is -2.41. The van der Waals surface area contributed by atoms with E-state index in [-0.39, 0.29) is 35.9 Å². The first-order chi connectivity index (χ1) is 78.5. The van der Waals surface area contributed by atoms with E-state index in [1.165, 1.54) is 0 Å². The number of ether oxygens (including phenoxy) is 2. The van der Waals surface area contributed by atoms with Crippen LogP contribution in [-0.4, -0.2) is 118 Å². The van der Waals surface area contributed by atoms with Gasteiger partial charge in [0.25, 0.3) is 0 Å². The van der Waals surface area contributed by atoms with Crippen LogP contribution in [0.4, 0.5) is 23.0 Å². The molecule has 2 radical (unpaired) electrons. The van der Waals surface area contributed by atoms with E-state index in [1.807, 2.05) is 111 Å². The van der Waals surface area contributed by atoms with E-state index in [0.717, 1.165) is 6.29 Å². The van der Waals surface area contributed by atoms with E-state index in [1.54, 1.807) is 70.5 Å². The largest absolute Gasteiger partial charge is 0.495 e. The van der Waals surface area contributed by atoms with E-state index in [0.29, 0.717) is 68.3 Å². The first-order valence-corrected chi connectivity index (χ1v) is 22.1. The van der Waals surface area contributed by atoms with Crippen molar-refractivity contribution < 1.29 is 194 Å². The van der Waals surface area contributed by atoms with E-state index >= 15 is 0 Å². The average Bonchev–Trinajstić information content (AvgIpc) is 1.60. The number of anilines is 2. The molecule has 3 aliphatic rings. The number of hydrogen-bond donors (Lipinski definition) is 1. The Morgan fingerprint density at radius 1 is 0.652 bits per heavy atom. The molecular formula is C48H160B4N6O11. The standard InChI is InChI=1S/C21H24BN3O4.C15H14BN3O2.C12H24B2O4.H2O.48H2/c1-20(2)21(3,4)29-22(28-20)16-9-8-15(12-14(16)13-26)27-18-11-10-17(23-5)19(24-18)25(6)7;1-17-13-6-7-14(18-15(13)19(2)3)21-11-4-5-12(16)10(8-11)9-20;1-9(2)10(3,4)16-13(15-9)14-17-11(5,6)12(7,8)18-14;;;;;;;;;;;;;;;;;;;;;;;;;;;;;;;;;;;;;;;;;;;;;;;;;/h8-13H,1-4,6-7H3;4-8,20H,9H2,2-3H3;1-8H3;1H2;48*1H/i;;;;47*1+1D;1+1. The van der Waals surface area contributed by atoms with Crippen molar-refractivity contribution in [2.75, 3.05) is 38.0 Å². The molecule has 0 spiro atoms. The molecule has 3 fully saturated rings. The van der Waals surface area contributed by atoms with E-state index in [4.69, 9.17) is 198 Å². The number of aliphatic hydroxyl groups excluding tert-OH is 1. The summed E-state index contributed by atoms with van der Waals surface area (Å²) < 4.78 is 517. The Morgan fingerprint density at radius 3 is 1.39 bits per heavy atom. The van der Waals surface area contributed by atoms with Crippen LogP contribution >= 0.6 is 0 Å². The summed E-state index contributed by atoms with van der Waals surface area (Å²) in [5, 5.41) is 9.20. The van der Waals surface area contributed by atoms with E-state index in [2.05, 4.69) is 19.7 Å². The van der Waals surface area contributed by atoms with E-state index < -0.39 is 32.3 Å². The van der Waals surface area contributed by atoms with Gasteiger partial charge in [0.15, 0.2) is 0 Å². The molecule has 0 bridgehead atoms. The molecule has 3 aliphatic heterocycles. The molecule has 460 valence electrons. The van der Waals surface area contributed by atoms with Crippen LogP contribution in [0.15, 0.2) is 60.7 Å². The fourth-order valence-electron chi connectivity index (χ4n) is 6.72. The fourth-order valence-corrected chi connectivity index (χ4v) is 6.72. The maximum atomic E-state index is 11.7. The van der Waals surface area contributed by atoms with E-state index in [9.17, 15) is 9.90 Å². The number of aromatic nitrogens is 2. The second-order valence-corrected chi connectivity index (χ2v) is 20.0. The average molecular weight is 1140 g/mol. The number of carbonyl (C=O) groups excluding carboxylic acids is 1. The Bertz CT molecular complexity index is 2640. The predicted molar refractivity (Wildman–Crippen MR) is 372 cm³/mol. The lowest BCUT2D eigenvalue weighted by molar-refractivity contribution is 0.00578. The molecule has 69 heavy (non-hydrogen) atoms. The van der Waals surface area contributed by atoms with Crippen LogP contribution in [0.25, 0.3) is 9.69 Å². The minimum absolute atomic E-state index is 0. The molecule has 0 amide bonds.